The highest BCUT2D eigenvalue weighted by molar-refractivity contribution is 7.80. The summed E-state index contributed by atoms with van der Waals surface area (Å²) in [6.45, 7) is 2.36. The van der Waals surface area contributed by atoms with E-state index >= 15 is 0 Å². The van der Waals surface area contributed by atoms with Gasteiger partial charge in [-0.3, -0.25) is 47.9 Å². The number of nitrogens with zero attached hydrogens (tertiary/aromatic N) is 4. The number of aliphatic hydroxyl groups excluding tert-OH is 3. The van der Waals surface area contributed by atoms with E-state index in [0.717, 1.165) is 16.7 Å². The third-order valence-corrected chi connectivity index (χ3v) is 8.87. The fourth-order valence-electron chi connectivity index (χ4n) is 5.60. The summed E-state index contributed by atoms with van der Waals surface area (Å²) < 4.78 is 51.6. The van der Waals surface area contributed by atoms with Gasteiger partial charge in [0.15, 0.2) is 18.7 Å². The molecule has 3 fully saturated rings. The molecule has 0 saturated carbocycles. The number of likely N-dealkylation sites (tertiary alicyclic amines) is 2. The van der Waals surface area contributed by atoms with Crippen LogP contribution in [-0.4, -0.2) is 172 Å². The van der Waals surface area contributed by atoms with E-state index in [9.17, 15) is 67.2 Å². The fourth-order valence-corrected chi connectivity index (χ4v) is 5.91. The van der Waals surface area contributed by atoms with Crippen molar-refractivity contribution in [3.05, 3.63) is 0 Å². The van der Waals surface area contributed by atoms with E-state index < -0.39 is 138 Å². The predicted molar refractivity (Wildman–Crippen MR) is 183 cm³/mol. The Morgan fingerprint density at radius 2 is 1.44 bits per heavy atom. The average Bonchev–Trinajstić information content (AvgIpc) is 3.50. The molecule has 3 aliphatic rings. The van der Waals surface area contributed by atoms with Crippen molar-refractivity contribution < 1.29 is 90.1 Å². The Hall–Kier alpha value is -4.87. The van der Waals surface area contributed by atoms with Gasteiger partial charge in [-0.15, -0.1) is 0 Å². The number of aliphatic hydroxyl groups is 3. The first-order valence-corrected chi connectivity index (χ1v) is 18.4. The SMILES string of the molecule is CC(=O)NC1C(O)OC(COS(=O)(=O)O)C(O)C1OC(/C=N\NC(=O)CCN1C(=O)CC(C)C1=O)OC(C(=O)O)C(O)/C=N/NC(=O)CCN1C(=O)CC(C)C1=O. The summed E-state index contributed by atoms with van der Waals surface area (Å²) in [4.78, 5) is 99.0. The minimum atomic E-state index is -5.11. The fraction of sp³-hybridized carbons (Fsp3) is 0.667. The molecule has 0 aliphatic carbocycles. The maximum Gasteiger partial charge on any atom is 0.397 e. The molecule has 27 heteroatoms. The van der Waals surface area contributed by atoms with E-state index in [2.05, 4.69) is 19.7 Å². The van der Waals surface area contributed by atoms with Gasteiger partial charge in [0.2, 0.25) is 41.4 Å². The van der Waals surface area contributed by atoms with Gasteiger partial charge in [-0.05, 0) is 0 Å². The summed E-state index contributed by atoms with van der Waals surface area (Å²) in [6, 6.07) is -1.72. The molecule has 8 N–H and O–H groups in total. The van der Waals surface area contributed by atoms with Gasteiger partial charge in [-0.2, -0.15) is 18.6 Å². The number of amides is 7. The van der Waals surface area contributed by atoms with Gasteiger partial charge >= 0.3 is 16.4 Å². The molecule has 318 valence electrons. The normalized spacial score (nSPS) is 27.2. The second kappa shape index (κ2) is 20.5. The Kier molecular flexibility index (Phi) is 16.7. The standard InChI is InChI=1S/C30H43N7O19S/c1-13-8-20(42)36(27(13)45)6-4-18(40)34-31-10-16(39)25(29(47)48)55-22(11-32-35-19(41)5-7-37-21(43)9-14(2)28(37)46)56-26-23(33-15(3)38)30(49)54-17(24(26)44)12-53-57(50,51)52/h10-11,13-14,16-17,22-26,30,39,44,49H,4-9,12H2,1-3H3,(H,33,38)(H,34,40)(H,35,41)(H,47,48)(H,50,51,52)/b31-10+,32-11-. The number of hydrogen-bond acceptors (Lipinski definition) is 19. The maximum absolute atomic E-state index is 12.5. The van der Waals surface area contributed by atoms with E-state index in [4.69, 9.17) is 18.8 Å². The molecule has 3 saturated heterocycles. The lowest BCUT2D eigenvalue weighted by molar-refractivity contribution is -0.283. The molecular formula is C30H43N7O19S. The van der Waals surface area contributed by atoms with Crippen molar-refractivity contribution >= 4 is 70.1 Å². The van der Waals surface area contributed by atoms with Gasteiger partial charge in [0.1, 0.15) is 30.5 Å². The first kappa shape index (κ1) is 46.5. The smallest absolute Gasteiger partial charge is 0.397 e. The molecule has 3 aliphatic heterocycles. The minimum Gasteiger partial charge on any atom is -0.479 e. The summed E-state index contributed by atoms with van der Waals surface area (Å²) in [5.41, 5.74) is 3.99. The van der Waals surface area contributed by atoms with Crippen LogP contribution < -0.4 is 16.2 Å². The Balaban J connectivity index is 1.80. The van der Waals surface area contributed by atoms with Crippen LogP contribution in [0.4, 0.5) is 0 Å². The lowest BCUT2D eigenvalue weighted by atomic mass is 9.96. The topological polar surface area (TPSA) is 376 Å². The molecule has 0 radical (unpaired) electrons. The van der Waals surface area contributed by atoms with Gasteiger partial charge in [0.05, 0.1) is 19.0 Å². The summed E-state index contributed by atoms with van der Waals surface area (Å²) in [5, 5.41) is 51.4. The van der Waals surface area contributed by atoms with Gasteiger partial charge in [-0.1, -0.05) is 13.8 Å². The number of nitrogens with one attached hydrogen (secondary N) is 3. The zero-order valence-corrected chi connectivity index (χ0v) is 31.3. The van der Waals surface area contributed by atoms with Crippen LogP contribution in [0.5, 0.6) is 0 Å². The quantitative estimate of drug-likeness (QED) is 0.0187. The van der Waals surface area contributed by atoms with Crippen molar-refractivity contribution in [2.45, 2.75) is 95.6 Å². The maximum atomic E-state index is 12.5. The van der Waals surface area contributed by atoms with Crippen LogP contribution in [0, 0.1) is 11.8 Å². The number of hydrogen-bond donors (Lipinski definition) is 8. The van der Waals surface area contributed by atoms with Crippen molar-refractivity contribution in [2.24, 2.45) is 22.0 Å². The molecule has 57 heavy (non-hydrogen) atoms. The molecule has 10 atom stereocenters. The van der Waals surface area contributed by atoms with Gasteiger partial charge < -0.3 is 40.0 Å². The van der Waals surface area contributed by atoms with Crippen LogP contribution >= 0.6 is 0 Å². The number of hydrazone groups is 2. The summed E-state index contributed by atoms with van der Waals surface area (Å²) in [5.74, 6) is -7.49. The zero-order valence-electron chi connectivity index (χ0n) is 30.5. The van der Waals surface area contributed by atoms with E-state index in [0.29, 0.717) is 12.4 Å². The van der Waals surface area contributed by atoms with E-state index in [-0.39, 0.29) is 25.9 Å². The number of imide groups is 2. The highest BCUT2D eigenvalue weighted by atomic mass is 32.3. The second-order valence-electron chi connectivity index (χ2n) is 13.0. The number of rotatable bonds is 20. The number of aliphatic carboxylic acids is 1. The van der Waals surface area contributed by atoms with Crippen molar-refractivity contribution in [3.8, 4) is 0 Å². The van der Waals surface area contributed by atoms with Gasteiger partial charge in [-0.25, -0.2) is 19.8 Å². The van der Waals surface area contributed by atoms with Crippen molar-refractivity contribution in [2.75, 3.05) is 19.7 Å². The van der Waals surface area contributed by atoms with Crippen LogP contribution in [0.1, 0.15) is 46.5 Å². The second-order valence-corrected chi connectivity index (χ2v) is 14.0. The largest absolute Gasteiger partial charge is 0.479 e. The Morgan fingerprint density at radius 1 is 0.930 bits per heavy atom. The molecule has 3 heterocycles. The highest BCUT2D eigenvalue weighted by Crippen LogP contribution is 2.25. The van der Waals surface area contributed by atoms with Crippen molar-refractivity contribution in [3.63, 3.8) is 0 Å². The first-order chi connectivity index (χ1) is 26.6. The van der Waals surface area contributed by atoms with Crippen LogP contribution in [0.15, 0.2) is 10.2 Å². The molecular weight excluding hydrogens is 794 g/mol. The number of ether oxygens (including phenoxy) is 3. The molecule has 0 spiro atoms. The van der Waals surface area contributed by atoms with Crippen molar-refractivity contribution in [1.82, 2.24) is 26.0 Å². The predicted octanol–water partition coefficient (Wildman–Crippen LogP) is -5.30. The molecule has 0 aromatic carbocycles. The molecule has 0 aromatic heterocycles. The monoisotopic (exact) mass is 837 g/mol. The summed E-state index contributed by atoms with van der Waals surface area (Å²) >= 11 is 0. The Bertz CT molecular complexity index is 1730. The number of carbonyl (C=O) groups excluding carboxylic acids is 7. The van der Waals surface area contributed by atoms with Crippen molar-refractivity contribution in [1.29, 1.82) is 0 Å². The van der Waals surface area contributed by atoms with Crippen LogP contribution in [0.2, 0.25) is 0 Å². The molecule has 0 aromatic rings. The molecule has 26 nitrogen and oxygen atoms in total. The van der Waals surface area contributed by atoms with E-state index in [1.165, 1.54) is 6.92 Å². The summed E-state index contributed by atoms with van der Waals surface area (Å²) in [7, 11) is -5.11. The van der Waals surface area contributed by atoms with Gasteiger partial charge in [0, 0.05) is 57.5 Å². The van der Waals surface area contributed by atoms with Gasteiger partial charge in [0.25, 0.3) is 0 Å². The number of carboxylic acids is 1. The van der Waals surface area contributed by atoms with E-state index in [1.54, 1.807) is 6.92 Å². The third kappa shape index (κ3) is 13.6. The Morgan fingerprint density at radius 3 is 1.88 bits per heavy atom. The lowest BCUT2D eigenvalue weighted by Crippen LogP contribution is -2.65. The first-order valence-electron chi connectivity index (χ1n) is 17.0. The third-order valence-electron chi connectivity index (χ3n) is 8.44. The van der Waals surface area contributed by atoms with E-state index in [1.807, 2.05) is 10.9 Å². The molecule has 0 bridgehead atoms. The number of carbonyl (C=O) groups is 8. The molecule has 7 amide bonds. The highest BCUT2D eigenvalue weighted by Gasteiger charge is 2.48. The lowest BCUT2D eigenvalue weighted by Gasteiger charge is -2.43. The Labute approximate surface area is 323 Å². The zero-order chi connectivity index (χ0) is 42.8. The average molecular weight is 838 g/mol. The molecule has 3 rings (SSSR count). The minimum absolute atomic E-state index is 0.0172. The summed E-state index contributed by atoms with van der Waals surface area (Å²) in [6.07, 6.45) is -14.5. The van der Waals surface area contributed by atoms with Crippen LogP contribution in [0.3, 0.4) is 0 Å². The van der Waals surface area contributed by atoms with Crippen LogP contribution in [0.25, 0.3) is 0 Å². The molecule has 10 unspecified atom stereocenters. The number of carboxylic acid groups (broad SMARTS) is 1. The van der Waals surface area contributed by atoms with Crippen LogP contribution in [-0.2, 0) is 67.1 Å².